The molecule has 0 aliphatic carbocycles. The maximum Gasteiger partial charge on any atom is 0.265 e. The van der Waals surface area contributed by atoms with Gasteiger partial charge in [-0.2, -0.15) is 5.10 Å². The van der Waals surface area contributed by atoms with Crippen LogP contribution in [0.5, 0.6) is 0 Å². The molecule has 0 saturated heterocycles. The smallest absolute Gasteiger partial charge is 0.265 e. The van der Waals surface area contributed by atoms with E-state index in [-0.39, 0.29) is 11.7 Å². The molecule has 1 amide bonds. The number of aromatic nitrogens is 3. The third-order valence-corrected chi connectivity index (χ3v) is 5.16. The number of anilines is 1. The second-order valence-electron chi connectivity index (χ2n) is 5.89. The molecular weight excluding hydrogens is 351 g/mol. The monoisotopic (exact) mass is 366 g/mol. The molecule has 4 rings (SSSR count). The number of hydrogen-bond donors (Lipinski definition) is 1. The van der Waals surface area contributed by atoms with Gasteiger partial charge in [-0.3, -0.25) is 14.5 Å². The average molecular weight is 366 g/mol. The van der Waals surface area contributed by atoms with Crippen LogP contribution in [0.4, 0.5) is 10.1 Å². The largest absolute Gasteiger partial charge is 0.321 e. The van der Waals surface area contributed by atoms with Crippen molar-refractivity contribution in [2.75, 3.05) is 5.32 Å². The molecule has 0 saturated carbocycles. The van der Waals surface area contributed by atoms with E-state index in [4.69, 9.17) is 0 Å². The van der Waals surface area contributed by atoms with Gasteiger partial charge in [-0.05, 0) is 42.8 Å². The number of nitrogens with one attached hydrogen (secondary N) is 1. The molecule has 3 heterocycles. The number of amides is 1. The van der Waals surface area contributed by atoms with E-state index in [1.54, 1.807) is 36.7 Å². The Morgan fingerprint density at radius 2 is 1.92 bits per heavy atom. The molecular formula is C19H15FN4OS. The Morgan fingerprint density at radius 3 is 2.65 bits per heavy atom. The number of rotatable bonds is 4. The number of hydrogen-bond acceptors (Lipinski definition) is 4. The topological polar surface area (TPSA) is 59.8 Å². The lowest BCUT2D eigenvalue weighted by molar-refractivity contribution is 0.103. The van der Waals surface area contributed by atoms with Crippen LogP contribution in [0.3, 0.4) is 0 Å². The van der Waals surface area contributed by atoms with E-state index in [2.05, 4.69) is 15.4 Å². The van der Waals surface area contributed by atoms with Crippen molar-refractivity contribution in [1.82, 2.24) is 14.8 Å². The molecule has 130 valence electrons. The summed E-state index contributed by atoms with van der Waals surface area (Å²) < 4.78 is 14.9. The second kappa shape index (κ2) is 6.68. The second-order valence-corrected chi connectivity index (χ2v) is 6.92. The summed E-state index contributed by atoms with van der Waals surface area (Å²) >= 11 is 1.39. The lowest BCUT2D eigenvalue weighted by Crippen LogP contribution is -2.10. The Balaban J connectivity index is 1.62. The first-order valence-corrected chi connectivity index (χ1v) is 8.84. The van der Waals surface area contributed by atoms with Gasteiger partial charge in [-0.15, -0.1) is 11.3 Å². The average Bonchev–Trinajstić information content (AvgIpc) is 3.20. The number of pyridine rings is 1. The minimum Gasteiger partial charge on any atom is -0.321 e. The van der Waals surface area contributed by atoms with Crippen molar-refractivity contribution in [3.8, 4) is 0 Å². The van der Waals surface area contributed by atoms with Crippen molar-refractivity contribution in [1.29, 1.82) is 0 Å². The highest BCUT2D eigenvalue weighted by molar-refractivity contribution is 7.20. The van der Waals surface area contributed by atoms with Crippen LogP contribution in [0.15, 0.2) is 54.9 Å². The fourth-order valence-electron chi connectivity index (χ4n) is 2.72. The first kappa shape index (κ1) is 16.4. The molecule has 7 heteroatoms. The van der Waals surface area contributed by atoms with Crippen LogP contribution >= 0.6 is 11.3 Å². The molecule has 3 aromatic heterocycles. The zero-order chi connectivity index (χ0) is 18.1. The lowest BCUT2D eigenvalue weighted by Gasteiger charge is -2.03. The summed E-state index contributed by atoms with van der Waals surface area (Å²) in [6, 6.07) is 11.7. The highest BCUT2D eigenvalue weighted by Gasteiger charge is 2.16. The Kier molecular flexibility index (Phi) is 4.22. The number of carbonyl (C=O) groups is 1. The van der Waals surface area contributed by atoms with Crippen LogP contribution in [0.25, 0.3) is 10.2 Å². The first-order chi connectivity index (χ1) is 12.6. The zero-order valence-corrected chi connectivity index (χ0v) is 14.8. The van der Waals surface area contributed by atoms with Crippen LogP contribution in [0.2, 0.25) is 0 Å². The molecule has 0 aliphatic heterocycles. The minimum atomic E-state index is -0.262. The summed E-state index contributed by atoms with van der Waals surface area (Å²) in [5.41, 5.74) is 2.51. The molecule has 0 fully saturated rings. The molecule has 0 bridgehead atoms. The SMILES string of the molecule is Cc1nn(Cc2ccc(F)cc2)c2sc(C(=O)Nc3ccncc3)cc12. The molecule has 0 atom stereocenters. The molecule has 0 radical (unpaired) electrons. The van der Waals surface area contributed by atoms with Crippen LogP contribution in [-0.4, -0.2) is 20.7 Å². The molecule has 1 aromatic carbocycles. The molecule has 5 nitrogen and oxygen atoms in total. The predicted molar refractivity (Wildman–Crippen MR) is 100 cm³/mol. The number of aryl methyl sites for hydroxylation is 1. The van der Waals surface area contributed by atoms with Crippen molar-refractivity contribution in [2.24, 2.45) is 0 Å². The van der Waals surface area contributed by atoms with Gasteiger partial charge in [-0.1, -0.05) is 12.1 Å². The van der Waals surface area contributed by atoms with Crippen LogP contribution in [0.1, 0.15) is 20.9 Å². The Morgan fingerprint density at radius 1 is 1.19 bits per heavy atom. The van der Waals surface area contributed by atoms with E-state index in [9.17, 15) is 9.18 Å². The summed E-state index contributed by atoms with van der Waals surface area (Å²) in [6.45, 7) is 2.44. The summed E-state index contributed by atoms with van der Waals surface area (Å²) in [5, 5.41) is 8.36. The lowest BCUT2D eigenvalue weighted by atomic mass is 10.2. The first-order valence-electron chi connectivity index (χ1n) is 8.03. The van der Waals surface area contributed by atoms with E-state index in [1.807, 2.05) is 17.7 Å². The van der Waals surface area contributed by atoms with Gasteiger partial charge in [0.05, 0.1) is 17.1 Å². The number of carbonyl (C=O) groups excluding carboxylic acids is 1. The van der Waals surface area contributed by atoms with Gasteiger partial charge in [0.25, 0.3) is 5.91 Å². The Hall–Kier alpha value is -3.06. The van der Waals surface area contributed by atoms with Crippen LogP contribution in [-0.2, 0) is 6.54 Å². The molecule has 1 N–H and O–H groups in total. The van der Waals surface area contributed by atoms with Crippen molar-refractivity contribution < 1.29 is 9.18 Å². The highest BCUT2D eigenvalue weighted by Crippen LogP contribution is 2.29. The number of thiophene rings is 1. The fourth-order valence-corrected chi connectivity index (χ4v) is 3.78. The van der Waals surface area contributed by atoms with Gasteiger partial charge in [0.2, 0.25) is 0 Å². The highest BCUT2D eigenvalue weighted by atomic mass is 32.1. The third-order valence-electron chi connectivity index (χ3n) is 4.01. The number of halogens is 1. The van der Waals surface area contributed by atoms with Crippen LogP contribution in [0, 0.1) is 12.7 Å². The summed E-state index contributed by atoms with van der Waals surface area (Å²) in [7, 11) is 0. The molecule has 0 aliphatic rings. The maximum absolute atomic E-state index is 13.1. The van der Waals surface area contributed by atoms with Gasteiger partial charge in [0.15, 0.2) is 0 Å². The van der Waals surface area contributed by atoms with E-state index in [1.165, 1.54) is 23.5 Å². The molecule has 4 aromatic rings. The summed E-state index contributed by atoms with van der Waals surface area (Å²) in [6.07, 6.45) is 3.26. The Labute approximate surface area is 153 Å². The Bertz CT molecular complexity index is 1070. The van der Waals surface area contributed by atoms with E-state index in [0.717, 1.165) is 21.5 Å². The minimum absolute atomic E-state index is 0.162. The van der Waals surface area contributed by atoms with Crippen molar-refractivity contribution in [2.45, 2.75) is 13.5 Å². The zero-order valence-electron chi connectivity index (χ0n) is 13.9. The van der Waals surface area contributed by atoms with Gasteiger partial charge in [-0.25, -0.2) is 4.39 Å². The van der Waals surface area contributed by atoms with Gasteiger partial charge >= 0.3 is 0 Å². The summed E-state index contributed by atoms with van der Waals surface area (Å²) in [4.78, 5) is 18.0. The number of fused-ring (bicyclic) bond motifs is 1. The van der Waals surface area contributed by atoms with Crippen molar-refractivity contribution in [3.63, 3.8) is 0 Å². The van der Waals surface area contributed by atoms with Gasteiger partial charge in [0, 0.05) is 23.5 Å². The number of nitrogens with zero attached hydrogens (tertiary/aromatic N) is 3. The molecule has 0 unspecified atom stereocenters. The third kappa shape index (κ3) is 3.21. The van der Waals surface area contributed by atoms with Crippen molar-refractivity contribution in [3.05, 3.63) is 76.8 Å². The predicted octanol–water partition coefficient (Wildman–Crippen LogP) is 4.24. The van der Waals surface area contributed by atoms with E-state index >= 15 is 0 Å². The fraction of sp³-hybridized carbons (Fsp3) is 0.105. The molecule has 0 spiro atoms. The van der Waals surface area contributed by atoms with Gasteiger partial charge in [0.1, 0.15) is 10.6 Å². The standard InChI is InChI=1S/C19H15FN4OS/c1-12-16-10-17(18(25)22-15-6-8-21-9-7-15)26-19(16)24(23-12)11-13-2-4-14(20)5-3-13/h2-10H,11H2,1H3,(H,21,22,25). The maximum atomic E-state index is 13.1. The normalized spacial score (nSPS) is 11.0. The van der Waals surface area contributed by atoms with Crippen LogP contribution < -0.4 is 5.32 Å². The van der Waals surface area contributed by atoms with E-state index in [0.29, 0.717) is 17.1 Å². The molecule has 26 heavy (non-hydrogen) atoms. The number of benzene rings is 1. The van der Waals surface area contributed by atoms with E-state index < -0.39 is 0 Å². The quantitative estimate of drug-likeness (QED) is 0.588. The van der Waals surface area contributed by atoms with Gasteiger partial charge < -0.3 is 5.32 Å². The van der Waals surface area contributed by atoms with Crippen molar-refractivity contribution >= 4 is 33.1 Å². The summed E-state index contributed by atoms with van der Waals surface area (Å²) in [5.74, 6) is -0.424.